The molecule has 0 aliphatic carbocycles. The predicted molar refractivity (Wildman–Crippen MR) is 50.6 cm³/mol. The Morgan fingerprint density at radius 1 is 1.62 bits per heavy atom. The van der Waals surface area contributed by atoms with Crippen LogP contribution in [0.15, 0.2) is 5.11 Å². The van der Waals surface area contributed by atoms with Crippen molar-refractivity contribution in [1.82, 2.24) is 10.2 Å². The molecule has 0 spiro atoms. The minimum atomic E-state index is -0.0144. The van der Waals surface area contributed by atoms with Crippen molar-refractivity contribution in [2.45, 2.75) is 0 Å². The zero-order valence-corrected chi connectivity index (χ0v) is 8.48. The molecule has 0 aromatic rings. The number of hydrogen-bond acceptors (Lipinski definition) is 4. The first kappa shape index (κ1) is 12.2. The lowest BCUT2D eigenvalue weighted by molar-refractivity contribution is -0.118. The number of carbonyl (C=O) groups excluding carboxylic acids is 1. The Morgan fingerprint density at radius 3 is 3.00 bits per heavy atom. The van der Waals surface area contributed by atoms with Gasteiger partial charge in [-0.15, -0.1) is 9.24 Å². The quantitative estimate of drug-likeness (QED) is 0.255. The zero-order chi connectivity index (χ0) is 9.94. The monoisotopic (exact) mass is 205 g/mol. The van der Waals surface area contributed by atoms with Crippen molar-refractivity contribution < 1.29 is 9.53 Å². The fourth-order valence-corrected chi connectivity index (χ4v) is 0.737. The Kier molecular flexibility index (Phi) is 8.67. The Hall–Kier alpha value is -0.830. The highest BCUT2D eigenvalue weighted by Gasteiger charge is 1.95. The first-order valence-electron chi connectivity index (χ1n) is 3.89. The first-order valence-corrected chi connectivity index (χ1v) is 4.70. The molecule has 1 unspecified atom stereocenters. The molecule has 7 heteroatoms. The van der Waals surface area contributed by atoms with Crippen LogP contribution in [0.4, 0.5) is 0 Å². The summed E-state index contributed by atoms with van der Waals surface area (Å²) in [7, 11) is 2.34. The van der Waals surface area contributed by atoms with Crippen molar-refractivity contribution in [3.8, 4) is 0 Å². The van der Waals surface area contributed by atoms with E-state index in [1.807, 2.05) is 0 Å². The van der Waals surface area contributed by atoms with Crippen LogP contribution in [0.1, 0.15) is 0 Å². The average Bonchev–Trinajstić information content (AvgIpc) is 2.16. The number of amides is 1. The van der Waals surface area contributed by atoms with Gasteiger partial charge >= 0.3 is 0 Å². The smallest absolute Gasteiger partial charge is 0.223 e. The van der Waals surface area contributed by atoms with Gasteiger partial charge in [-0.25, -0.2) is 0 Å². The molecule has 2 N–H and O–H groups in total. The van der Waals surface area contributed by atoms with Crippen molar-refractivity contribution in [3.63, 3.8) is 0 Å². The highest BCUT2D eigenvalue weighted by atomic mass is 31.0. The van der Waals surface area contributed by atoms with Gasteiger partial charge in [-0.05, 0) is 0 Å². The molecule has 0 aromatic carbocycles. The molecule has 0 saturated heterocycles. The van der Waals surface area contributed by atoms with Crippen LogP contribution in [-0.2, 0) is 9.53 Å². The van der Waals surface area contributed by atoms with E-state index >= 15 is 0 Å². The number of hydrogen-bond donors (Lipinski definition) is 2. The third kappa shape index (κ3) is 9.08. The summed E-state index contributed by atoms with van der Waals surface area (Å²) in [4.78, 5) is 13.5. The summed E-state index contributed by atoms with van der Waals surface area (Å²) in [6.07, 6.45) is 0.410. The van der Waals surface area contributed by atoms with E-state index in [-0.39, 0.29) is 5.91 Å². The summed E-state index contributed by atoms with van der Waals surface area (Å²) in [6.45, 7) is 1.79. The summed E-state index contributed by atoms with van der Waals surface area (Å²) in [5, 5.41) is 6.04. The molecular formula is C6H14N4O2P+. The fraction of sp³-hybridized carbons (Fsp3) is 0.833. The van der Waals surface area contributed by atoms with Crippen molar-refractivity contribution in [2.75, 3.05) is 32.5 Å². The van der Waals surface area contributed by atoms with E-state index in [2.05, 4.69) is 24.6 Å². The maximum atomic E-state index is 10.7. The van der Waals surface area contributed by atoms with Crippen molar-refractivity contribution in [1.29, 1.82) is 5.53 Å². The van der Waals surface area contributed by atoms with E-state index in [0.717, 1.165) is 0 Å². The summed E-state index contributed by atoms with van der Waals surface area (Å²) in [5.74, 6) is -0.0144. The maximum Gasteiger partial charge on any atom is 0.223 e. The van der Waals surface area contributed by atoms with Crippen LogP contribution in [0.5, 0.6) is 0 Å². The van der Waals surface area contributed by atoms with E-state index in [0.29, 0.717) is 32.5 Å². The van der Waals surface area contributed by atoms with Crippen LogP contribution in [0.25, 0.3) is 0 Å². The second kappa shape index (κ2) is 9.26. The van der Waals surface area contributed by atoms with Gasteiger partial charge in [0, 0.05) is 12.7 Å². The van der Waals surface area contributed by atoms with Gasteiger partial charge in [-0.2, -0.15) is 0 Å². The molecule has 6 nitrogen and oxygen atoms in total. The molecule has 1 amide bonds. The molecule has 0 rings (SSSR count). The second-order valence-electron chi connectivity index (χ2n) is 2.13. The standard InChI is InChI=1S/C6H13N4O2P/c7-10-9-2-4-12-3-1-8-6(11)5-13/h7H,1-5,13H2/p+1. The van der Waals surface area contributed by atoms with Gasteiger partial charge in [0.15, 0.2) is 0 Å². The van der Waals surface area contributed by atoms with Gasteiger partial charge in [0.25, 0.3) is 0 Å². The molecule has 0 heterocycles. The van der Waals surface area contributed by atoms with E-state index in [4.69, 9.17) is 10.3 Å². The second-order valence-corrected chi connectivity index (χ2v) is 2.54. The molecule has 74 valence electrons. The molecular weight excluding hydrogens is 191 g/mol. The van der Waals surface area contributed by atoms with E-state index in [1.54, 1.807) is 0 Å². The van der Waals surface area contributed by atoms with Crippen LogP contribution in [0.3, 0.4) is 0 Å². The molecule has 0 aliphatic heterocycles. The summed E-state index contributed by atoms with van der Waals surface area (Å²) in [5.41, 5.74) is 6.34. The lowest BCUT2D eigenvalue weighted by Gasteiger charge is -2.02. The molecule has 0 bridgehead atoms. The van der Waals surface area contributed by atoms with Crippen molar-refractivity contribution >= 4 is 15.1 Å². The Bertz CT molecular complexity index is 193. The molecule has 0 radical (unpaired) electrons. The van der Waals surface area contributed by atoms with Gasteiger partial charge in [-0.3, -0.25) is 4.79 Å². The van der Waals surface area contributed by atoms with Crippen LogP contribution < -0.4 is 10.2 Å². The van der Waals surface area contributed by atoms with E-state index < -0.39 is 0 Å². The van der Waals surface area contributed by atoms with Gasteiger partial charge in [0.2, 0.25) is 10.8 Å². The van der Waals surface area contributed by atoms with Crippen LogP contribution in [0.2, 0.25) is 0 Å². The number of carbonyl (C=O) groups is 1. The topological polar surface area (TPSA) is 88.6 Å². The minimum absolute atomic E-state index is 0.0144. The number of nitrogens with zero attached hydrogens (tertiary/aromatic N) is 2. The summed E-state index contributed by atoms with van der Waals surface area (Å²) < 4.78 is 5.07. The molecule has 1 atom stereocenters. The SMILES string of the molecule is N=[N+]=NCCOCCNC(=O)CP. The van der Waals surface area contributed by atoms with Crippen LogP contribution >= 0.6 is 9.24 Å². The van der Waals surface area contributed by atoms with Crippen molar-refractivity contribution in [2.24, 2.45) is 5.11 Å². The van der Waals surface area contributed by atoms with Gasteiger partial charge in [0.1, 0.15) is 17.2 Å². The van der Waals surface area contributed by atoms with Crippen LogP contribution in [0, 0.1) is 5.53 Å². The van der Waals surface area contributed by atoms with E-state index in [9.17, 15) is 4.79 Å². The minimum Gasteiger partial charge on any atom is -0.377 e. The Labute approximate surface area is 78.9 Å². The van der Waals surface area contributed by atoms with E-state index in [1.165, 1.54) is 0 Å². The largest absolute Gasteiger partial charge is 0.377 e. The van der Waals surface area contributed by atoms with Gasteiger partial charge < -0.3 is 10.1 Å². The summed E-state index contributed by atoms with van der Waals surface area (Å²) >= 11 is 0. The lowest BCUT2D eigenvalue weighted by atomic mass is 10.6. The molecule has 0 aliphatic rings. The number of ether oxygens (including phenoxy) is 1. The highest BCUT2D eigenvalue weighted by molar-refractivity contribution is 7.18. The molecule has 0 aromatic heterocycles. The lowest BCUT2D eigenvalue weighted by Crippen LogP contribution is -2.28. The first-order chi connectivity index (χ1) is 6.31. The third-order valence-electron chi connectivity index (χ3n) is 1.16. The average molecular weight is 205 g/mol. The maximum absolute atomic E-state index is 10.7. The van der Waals surface area contributed by atoms with Gasteiger partial charge in [-0.1, -0.05) is 0 Å². The molecule has 0 saturated carbocycles. The highest BCUT2D eigenvalue weighted by Crippen LogP contribution is 1.79. The third-order valence-corrected chi connectivity index (χ3v) is 1.53. The van der Waals surface area contributed by atoms with Crippen molar-refractivity contribution in [3.05, 3.63) is 0 Å². The number of rotatable bonds is 7. The fourth-order valence-electron chi connectivity index (χ4n) is 0.592. The normalized spacial score (nSPS) is 9.00. The number of nitrogens with one attached hydrogen (secondary N) is 2. The predicted octanol–water partition coefficient (Wildman–Crippen LogP) is -0.455. The Balaban J connectivity index is 3.08. The summed E-state index contributed by atoms with van der Waals surface area (Å²) in [6, 6.07) is 0. The molecule has 13 heavy (non-hydrogen) atoms. The van der Waals surface area contributed by atoms with Crippen LogP contribution in [-0.4, -0.2) is 38.4 Å². The van der Waals surface area contributed by atoms with Gasteiger partial charge in [0.05, 0.1) is 13.2 Å². The molecule has 0 fully saturated rings. The zero-order valence-electron chi connectivity index (χ0n) is 7.32. The Morgan fingerprint density at radius 2 is 2.38 bits per heavy atom.